The molecule has 0 radical (unpaired) electrons. The van der Waals surface area contributed by atoms with Crippen molar-refractivity contribution in [1.29, 1.82) is 0 Å². The molecule has 1 N–H and O–H groups in total. The van der Waals surface area contributed by atoms with E-state index in [0.29, 0.717) is 0 Å². The van der Waals surface area contributed by atoms with Crippen molar-refractivity contribution >= 4 is 11.7 Å². The number of hydrogen-bond donors (Lipinski definition) is 1. The Kier molecular flexibility index (Phi) is 2.80. The Morgan fingerprint density at radius 3 is 2.72 bits per heavy atom. The molecule has 1 aromatic heterocycles. The monoisotopic (exact) mass is 247 g/mol. The molecular formula is C11H9N3O4. The predicted molar refractivity (Wildman–Crippen MR) is 61.9 cm³/mol. The summed E-state index contributed by atoms with van der Waals surface area (Å²) in [5.74, 6) is -1.18. The second-order valence-corrected chi connectivity index (χ2v) is 3.70. The molecule has 0 saturated carbocycles. The maximum absolute atomic E-state index is 10.9. The maximum atomic E-state index is 10.9. The SMILES string of the molecule is Cc1ccc(-n2ccc(C(=O)O)n2)c([N+](=O)[O-])c1. The number of hydrogen-bond acceptors (Lipinski definition) is 4. The fourth-order valence-corrected chi connectivity index (χ4v) is 1.55. The smallest absolute Gasteiger partial charge is 0.356 e. The Morgan fingerprint density at radius 2 is 2.17 bits per heavy atom. The third-order valence-electron chi connectivity index (χ3n) is 2.38. The summed E-state index contributed by atoms with van der Waals surface area (Å²) in [5.41, 5.74) is 0.703. The van der Waals surface area contributed by atoms with Crippen LogP contribution in [-0.2, 0) is 0 Å². The molecule has 7 nitrogen and oxygen atoms in total. The number of nitrogens with zero attached hydrogens (tertiary/aromatic N) is 3. The summed E-state index contributed by atoms with van der Waals surface area (Å²) in [6.45, 7) is 1.74. The van der Waals surface area contributed by atoms with Gasteiger partial charge in [-0.05, 0) is 24.6 Å². The van der Waals surface area contributed by atoms with E-state index < -0.39 is 10.9 Å². The average Bonchev–Trinajstić information content (AvgIpc) is 2.78. The molecule has 1 heterocycles. The van der Waals surface area contributed by atoms with Gasteiger partial charge in [-0.3, -0.25) is 10.1 Å². The fourth-order valence-electron chi connectivity index (χ4n) is 1.55. The Bertz CT molecular complexity index is 633. The van der Waals surface area contributed by atoms with Crippen molar-refractivity contribution in [3.63, 3.8) is 0 Å². The van der Waals surface area contributed by atoms with E-state index >= 15 is 0 Å². The topological polar surface area (TPSA) is 98.3 Å². The van der Waals surface area contributed by atoms with E-state index in [2.05, 4.69) is 5.10 Å². The van der Waals surface area contributed by atoms with Crippen LogP contribution in [0, 0.1) is 17.0 Å². The van der Waals surface area contributed by atoms with Crippen LogP contribution in [0.3, 0.4) is 0 Å². The highest BCUT2D eigenvalue weighted by Crippen LogP contribution is 2.23. The lowest BCUT2D eigenvalue weighted by molar-refractivity contribution is -0.384. The van der Waals surface area contributed by atoms with E-state index in [1.54, 1.807) is 13.0 Å². The minimum atomic E-state index is -1.18. The first-order valence-corrected chi connectivity index (χ1v) is 5.03. The van der Waals surface area contributed by atoms with Gasteiger partial charge in [0.25, 0.3) is 5.69 Å². The first-order valence-electron chi connectivity index (χ1n) is 5.03. The van der Waals surface area contributed by atoms with Crippen LogP contribution in [0.5, 0.6) is 0 Å². The Hall–Kier alpha value is -2.70. The van der Waals surface area contributed by atoms with Crippen LogP contribution in [0.25, 0.3) is 5.69 Å². The zero-order valence-electron chi connectivity index (χ0n) is 9.40. The van der Waals surface area contributed by atoms with Gasteiger partial charge in [-0.2, -0.15) is 5.10 Å². The summed E-state index contributed by atoms with van der Waals surface area (Å²) < 4.78 is 1.18. The maximum Gasteiger partial charge on any atom is 0.356 e. The van der Waals surface area contributed by atoms with Crippen molar-refractivity contribution < 1.29 is 14.8 Å². The molecule has 0 saturated heterocycles. The van der Waals surface area contributed by atoms with Crippen LogP contribution < -0.4 is 0 Å². The Morgan fingerprint density at radius 1 is 1.44 bits per heavy atom. The number of carboxylic acids is 1. The van der Waals surface area contributed by atoms with Crippen LogP contribution >= 0.6 is 0 Å². The Labute approximate surface area is 101 Å². The minimum Gasteiger partial charge on any atom is -0.476 e. The molecule has 0 fully saturated rings. The molecule has 92 valence electrons. The van der Waals surface area contributed by atoms with Gasteiger partial charge in [0.05, 0.1) is 4.92 Å². The first kappa shape index (κ1) is 11.8. The highest BCUT2D eigenvalue weighted by molar-refractivity contribution is 5.85. The number of benzene rings is 1. The molecule has 0 aliphatic heterocycles. The molecule has 18 heavy (non-hydrogen) atoms. The summed E-state index contributed by atoms with van der Waals surface area (Å²) in [5, 5.41) is 23.5. The number of carboxylic acid groups (broad SMARTS) is 1. The summed E-state index contributed by atoms with van der Waals surface area (Å²) in [7, 11) is 0. The Balaban J connectivity index is 2.55. The fraction of sp³-hybridized carbons (Fsp3) is 0.0909. The van der Waals surface area contributed by atoms with E-state index in [4.69, 9.17) is 5.11 Å². The van der Waals surface area contributed by atoms with Crippen molar-refractivity contribution in [1.82, 2.24) is 9.78 Å². The molecule has 0 aliphatic rings. The lowest BCUT2D eigenvalue weighted by atomic mass is 10.2. The quantitative estimate of drug-likeness (QED) is 0.658. The van der Waals surface area contributed by atoms with Crippen LogP contribution in [0.15, 0.2) is 30.5 Å². The number of aryl methyl sites for hydroxylation is 1. The van der Waals surface area contributed by atoms with E-state index in [1.165, 1.54) is 29.1 Å². The molecule has 0 aliphatic carbocycles. The van der Waals surface area contributed by atoms with Gasteiger partial charge in [0.15, 0.2) is 5.69 Å². The molecule has 1 aromatic carbocycles. The molecule has 0 bridgehead atoms. The van der Waals surface area contributed by atoms with E-state index in [9.17, 15) is 14.9 Å². The summed E-state index contributed by atoms with van der Waals surface area (Å²) >= 11 is 0. The van der Waals surface area contributed by atoms with E-state index in [0.717, 1.165) is 5.56 Å². The first-order chi connectivity index (χ1) is 8.49. The molecule has 0 amide bonds. The van der Waals surface area contributed by atoms with Crippen LogP contribution in [-0.4, -0.2) is 25.8 Å². The average molecular weight is 247 g/mol. The van der Waals surface area contributed by atoms with Crippen LogP contribution in [0.4, 0.5) is 5.69 Å². The molecule has 2 rings (SSSR count). The lowest BCUT2D eigenvalue weighted by Gasteiger charge is -2.03. The van der Waals surface area contributed by atoms with Gasteiger partial charge in [0.2, 0.25) is 0 Å². The number of nitro groups is 1. The zero-order chi connectivity index (χ0) is 13.3. The van der Waals surface area contributed by atoms with Crippen molar-refractivity contribution in [3.05, 3.63) is 51.8 Å². The second kappa shape index (κ2) is 4.28. The van der Waals surface area contributed by atoms with Gasteiger partial charge >= 0.3 is 5.97 Å². The van der Waals surface area contributed by atoms with Gasteiger partial charge in [0, 0.05) is 12.3 Å². The van der Waals surface area contributed by atoms with Gasteiger partial charge in [-0.1, -0.05) is 6.07 Å². The number of aromatic nitrogens is 2. The van der Waals surface area contributed by atoms with Crippen molar-refractivity contribution in [3.8, 4) is 5.69 Å². The predicted octanol–water partition coefficient (Wildman–Crippen LogP) is 1.79. The number of nitro benzene ring substituents is 1. The van der Waals surface area contributed by atoms with Gasteiger partial charge in [-0.15, -0.1) is 0 Å². The standard InChI is InChI=1S/C11H9N3O4/c1-7-2-3-9(10(6-7)14(17)18)13-5-4-8(12-13)11(15)16/h2-6H,1H3,(H,15,16). The van der Waals surface area contributed by atoms with E-state index in [1.807, 2.05) is 0 Å². The van der Waals surface area contributed by atoms with E-state index in [-0.39, 0.29) is 17.1 Å². The summed E-state index contributed by atoms with van der Waals surface area (Å²) in [6.07, 6.45) is 1.38. The van der Waals surface area contributed by atoms with Crippen molar-refractivity contribution in [2.45, 2.75) is 6.92 Å². The van der Waals surface area contributed by atoms with Crippen LogP contribution in [0.2, 0.25) is 0 Å². The van der Waals surface area contributed by atoms with Crippen LogP contribution in [0.1, 0.15) is 16.1 Å². The lowest BCUT2D eigenvalue weighted by Crippen LogP contribution is -2.03. The highest BCUT2D eigenvalue weighted by Gasteiger charge is 2.17. The molecule has 0 unspecified atom stereocenters. The molecule has 0 spiro atoms. The largest absolute Gasteiger partial charge is 0.476 e. The second-order valence-electron chi connectivity index (χ2n) is 3.70. The van der Waals surface area contributed by atoms with Gasteiger partial charge in [-0.25, -0.2) is 9.48 Å². The van der Waals surface area contributed by atoms with Gasteiger partial charge in [0.1, 0.15) is 5.69 Å². The van der Waals surface area contributed by atoms with Crippen molar-refractivity contribution in [2.75, 3.05) is 0 Å². The molecule has 0 atom stereocenters. The zero-order valence-corrected chi connectivity index (χ0v) is 9.40. The van der Waals surface area contributed by atoms with Gasteiger partial charge < -0.3 is 5.11 Å². The highest BCUT2D eigenvalue weighted by atomic mass is 16.6. The minimum absolute atomic E-state index is 0.116. The molecular weight excluding hydrogens is 238 g/mol. The van der Waals surface area contributed by atoms with Crippen molar-refractivity contribution in [2.24, 2.45) is 0 Å². The molecule has 7 heteroatoms. The summed E-state index contributed by atoms with van der Waals surface area (Å²) in [6, 6.07) is 5.93. The normalized spacial score (nSPS) is 10.3. The number of aromatic carboxylic acids is 1. The third-order valence-corrected chi connectivity index (χ3v) is 2.38. The number of rotatable bonds is 3. The third kappa shape index (κ3) is 2.05. The number of carbonyl (C=O) groups is 1. The summed E-state index contributed by atoms with van der Waals surface area (Å²) in [4.78, 5) is 21.1. The molecule has 2 aromatic rings.